The number of hydrogen-bond acceptors (Lipinski definition) is 7. The molecule has 0 aliphatic carbocycles. The van der Waals surface area contributed by atoms with Crippen molar-refractivity contribution >= 4 is 44.2 Å². The van der Waals surface area contributed by atoms with Gasteiger partial charge in [-0.05, 0) is 24.3 Å². The molecule has 0 radical (unpaired) electrons. The monoisotopic (exact) mass is 336 g/mol. The first-order chi connectivity index (χ1) is 10.5. The third-order valence-electron chi connectivity index (χ3n) is 2.86. The third-order valence-corrected chi connectivity index (χ3v) is 4.84. The molecule has 8 nitrogen and oxygen atoms in total. The van der Waals surface area contributed by atoms with Crippen molar-refractivity contribution in [2.75, 3.05) is 4.72 Å². The van der Waals surface area contributed by atoms with Crippen LogP contribution in [-0.4, -0.2) is 22.1 Å². The van der Waals surface area contributed by atoms with E-state index in [1.54, 1.807) is 6.07 Å². The molecule has 22 heavy (non-hydrogen) atoms. The van der Waals surface area contributed by atoms with Crippen LogP contribution in [0.5, 0.6) is 0 Å². The molecule has 1 N–H and O–H groups in total. The van der Waals surface area contributed by atoms with E-state index >= 15 is 0 Å². The second-order valence-electron chi connectivity index (χ2n) is 4.30. The summed E-state index contributed by atoms with van der Waals surface area (Å²) in [6.07, 6.45) is 0. The average molecular weight is 336 g/mol. The molecule has 112 valence electrons. The van der Waals surface area contributed by atoms with Crippen molar-refractivity contribution in [3.63, 3.8) is 0 Å². The van der Waals surface area contributed by atoms with E-state index in [1.807, 2.05) is 0 Å². The molecule has 0 bridgehead atoms. The van der Waals surface area contributed by atoms with Gasteiger partial charge in [0.05, 0.1) is 22.3 Å². The molecule has 2 aromatic carbocycles. The second-order valence-corrected chi connectivity index (χ2v) is 6.48. The van der Waals surface area contributed by atoms with E-state index in [0.29, 0.717) is 11.0 Å². The van der Waals surface area contributed by atoms with Crippen molar-refractivity contribution in [3.8, 4) is 0 Å². The van der Waals surface area contributed by atoms with Crippen LogP contribution in [-0.2, 0) is 10.0 Å². The molecule has 0 unspecified atom stereocenters. The Balaban J connectivity index is 2.01. The molecule has 1 aromatic heterocycles. The highest BCUT2D eigenvalue weighted by Gasteiger charge is 2.25. The van der Waals surface area contributed by atoms with Gasteiger partial charge in [0, 0.05) is 6.07 Å². The van der Waals surface area contributed by atoms with E-state index in [0.717, 1.165) is 17.8 Å². The predicted molar refractivity (Wildman–Crippen MR) is 81.3 cm³/mol. The quantitative estimate of drug-likeness (QED) is 0.578. The zero-order chi connectivity index (χ0) is 15.7. The lowest BCUT2D eigenvalue weighted by Crippen LogP contribution is -2.14. The largest absolute Gasteiger partial charge is 0.289 e. The number of nitrogens with one attached hydrogen (secondary N) is 1. The highest BCUT2D eigenvalue weighted by Crippen LogP contribution is 2.26. The number of rotatable bonds is 4. The lowest BCUT2D eigenvalue weighted by Gasteiger charge is -2.08. The molecule has 10 heteroatoms. The van der Waals surface area contributed by atoms with Crippen molar-refractivity contribution in [3.05, 3.63) is 52.6 Å². The molecule has 0 amide bonds. The predicted octanol–water partition coefficient (Wildman–Crippen LogP) is 2.40. The maximum absolute atomic E-state index is 12.4. The molecule has 0 saturated heterocycles. The molecular formula is C12H8N4O4S2. The number of benzene rings is 2. The van der Waals surface area contributed by atoms with Crippen LogP contribution in [0.15, 0.2) is 47.4 Å². The molecule has 0 aliphatic heterocycles. The summed E-state index contributed by atoms with van der Waals surface area (Å²) in [4.78, 5) is 9.83. The summed E-state index contributed by atoms with van der Waals surface area (Å²) in [5.74, 6) is 0. The first kappa shape index (κ1) is 14.4. The third kappa shape index (κ3) is 2.61. The Labute approximate surface area is 128 Å². The number of nitro groups is 1. The summed E-state index contributed by atoms with van der Waals surface area (Å²) in [6.45, 7) is 0. The van der Waals surface area contributed by atoms with Crippen LogP contribution in [0.25, 0.3) is 11.0 Å². The van der Waals surface area contributed by atoms with Gasteiger partial charge in [-0.1, -0.05) is 12.1 Å². The summed E-state index contributed by atoms with van der Waals surface area (Å²) >= 11 is 1.02. The van der Waals surface area contributed by atoms with E-state index in [-0.39, 0.29) is 5.69 Å². The zero-order valence-electron chi connectivity index (χ0n) is 10.8. The van der Waals surface area contributed by atoms with Gasteiger partial charge >= 0.3 is 0 Å². The van der Waals surface area contributed by atoms with Crippen LogP contribution < -0.4 is 4.72 Å². The van der Waals surface area contributed by atoms with Crippen molar-refractivity contribution < 1.29 is 13.3 Å². The molecule has 0 fully saturated rings. The Kier molecular flexibility index (Phi) is 3.47. The summed E-state index contributed by atoms with van der Waals surface area (Å²) in [6, 6.07) is 9.82. The van der Waals surface area contributed by atoms with Gasteiger partial charge in [-0.3, -0.25) is 14.8 Å². The van der Waals surface area contributed by atoms with Crippen LogP contribution in [0, 0.1) is 10.1 Å². The fourth-order valence-electron chi connectivity index (χ4n) is 1.89. The standard InChI is InChI=1S/C12H8N4O4S2/c17-16(18)11-3-1-2-4-12(11)22(19,20)15-8-5-6-9-10(7-8)14-21-13-9/h1-7,15H. The van der Waals surface area contributed by atoms with E-state index in [9.17, 15) is 18.5 Å². The highest BCUT2D eigenvalue weighted by molar-refractivity contribution is 7.92. The Morgan fingerprint density at radius 1 is 1.09 bits per heavy atom. The maximum Gasteiger partial charge on any atom is 0.289 e. The van der Waals surface area contributed by atoms with E-state index in [1.165, 1.54) is 30.3 Å². The van der Waals surface area contributed by atoms with Gasteiger partial charge in [-0.15, -0.1) is 0 Å². The van der Waals surface area contributed by atoms with Crippen molar-refractivity contribution in [2.45, 2.75) is 4.90 Å². The van der Waals surface area contributed by atoms with Crippen molar-refractivity contribution in [1.29, 1.82) is 0 Å². The van der Waals surface area contributed by atoms with Crippen LogP contribution in [0.3, 0.4) is 0 Å². The van der Waals surface area contributed by atoms with E-state index in [4.69, 9.17) is 0 Å². The van der Waals surface area contributed by atoms with Gasteiger partial charge in [0.25, 0.3) is 15.7 Å². The maximum atomic E-state index is 12.4. The van der Waals surface area contributed by atoms with Crippen LogP contribution in [0.1, 0.15) is 0 Å². The molecule has 3 rings (SSSR count). The minimum atomic E-state index is -4.08. The highest BCUT2D eigenvalue weighted by atomic mass is 32.2. The summed E-state index contributed by atoms with van der Waals surface area (Å²) in [5, 5.41) is 11.0. The van der Waals surface area contributed by atoms with E-state index in [2.05, 4.69) is 13.5 Å². The molecule has 0 atom stereocenters. The number of aromatic nitrogens is 2. The molecule has 0 spiro atoms. The Hall–Kier alpha value is -2.59. The number of nitrogens with zero attached hydrogens (tertiary/aromatic N) is 3. The second kappa shape index (κ2) is 5.31. The minimum Gasteiger partial charge on any atom is -0.279 e. The first-order valence-electron chi connectivity index (χ1n) is 5.96. The number of anilines is 1. The van der Waals surface area contributed by atoms with Gasteiger partial charge in [0.2, 0.25) is 0 Å². The number of nitro benzene ring substituents is 1. The van der Waals surface area contributed by atoms with Crippen LogP contribution in [0.2, 0.25) is 0 Å². The summed E-state index contributed by atoms with van der Waals surface area (Å²) in [5.41, 5.74) is 0.983. The minimum absolute atomic E-state index is 0.262. The lowest BCUT2D eigenvalue weighted by molar-refractivity contribution is -0.387. The van der Waals surface area contributed by atoms with Crippen molar-refractivity contribution in [1.82, 2.24) is 8.75 Å². The van der Waals surface area contributed by atoms with Gasteiger partial charge in [0.1, 0.15) is 11.0 Å². The van der Waals surface area contributed by atoms with E-state index < -0.39 is 25.5 Å². The summed E-state index contributed by atoms with van der Waals surface area (Å²) in [7, 11) is -4.08. The molecule has 0 aliphatic rings. The fraction of sp³-hybridized carbons (Fsp3) is 0. The molecular weight excluding hydrogens is 328 g/mol. The number of para-hydroxylation sites is 1. The number of hydrogen-bond donors (Lipinski definition) is 1. The first-order valence-corrected chi connectivity index (χ1v) is 8.17. The zero-order valence-corrected chi connectivity index (χ0v) is 12.5. The van der Waals surface area contributed by atoms with Gasteiger partial charge in [0.15, 0.2) is 4.90 Å². The van der Waals surface area contributed by atoms with Crippen molar-refractivity contribution in [2.24, 2.45) is 0 Å². The Morgan fingerprint density at radius 3 is 2.59 bits per heavy atom. The van der Waals surface area contributed by atoms with Gasteiger partial charge in [-0.2, -0.15) is 8.75 Å². The summed E-state index contributed by atoms with van der Waals surface area (Å²) < 4.78 is 35.1. The molecule has 3 aromatic rings. The number of sulfonamides is 1. The van der Waals surface area contributed by atoms with Gasteiger partial charge < -0.3 is 0 Å². The Bertz CT molecular complexity index is 968. The fourth-order valence-corrected chi connectivity index (χ4v) is 3.63. The SMILES string of the molecule is O=[N+]([O-])c1ccccc1S(=O)(=O)Nc1ccc2nsnc2c1. The van der Waals surface area contributed by atoms with Crippen LogP contribution >= 0.6 is 11.7 Å². The Morgan fingerprint density at radius 2 is 1.82 bits per heavy atom. The topological polar surface area (TPSA) is 115 Å². The van der Waals surface area contributed by atoms with Crippen LogP contribution in [0.4, 0.5) is 11.4 Å². The van der Waals surface area contributed by atoms with Gasteiger partial charge in [-0.25, -0.2) is 8.42 Å². The molecule has 1 heterocycles. The normalized spacial score (nSPS) is 11.5. The smallest absolute Gasteiger partial charge is 0.279 e. The molecule has 0 saturated carbocycles. The number of fused-ring (bicyclic) bond motifs is 1. The average Bonchev–Trinajstić information content (AvgIpc) is 2.94. The lowest BCUT2D eigenvalue weighted by atomic mass is 10.3.